The first-order chi connectivity index (χ1) is 36.6. The first-order valence-electron chi connectivity index (χ1n) is 27.4. The van der Waals surface area contributed by atoms with Crippen molar-refractivity contribution >= 4 is 65.7 Å². The van der Waals surface area contributed by atoms with Crippen LogP contribution in [0.3, 0.4) is 0 Å². The van der Waals surface area contributed by atoms with Crippen LogP contribution in [0.2, 0.25) is 0 Å². The summed E-state index contributed by atoms with van der Waals surface area (Å²) in [6.07, 6.45) is 0. The first-order valence-corrected chi connectivity index (χ1v) is 17.4. The molecule has 57 heavy (non-hydrogen) atoms. The lowest BCUT2D eigenvalue weighted by Gasteiger charge is -2.11. The van der Waals surface area contributed by atoms with Gasteiger partial charge in [0.2, 0.25) is 5.95 Å². The topological polar surface area (TPSA) is 69.9 Å². The van der Waals surface area contributed by atoms with E-state index in [9.17, 15) is 11.0 Å². The Kier molecular flexibility index (Phi) is 3.85. The van der Waals surface area contributed by atoms with Gasteiger partial charge in [-0.1, -0.05) is 133 Å². The number of hydrogen-bond acceptors (Lipinski definition) is 5. The highest BCUT2D eigenvalue weighted by Gasteiger charge is 2.21. The highest BCUT2D eigenvalue weighted by atomic mass is 16.3. The van der Waals surface area contributed by atoms with Gasteiger partial charge in [0.15, 0.2) is 11.6 Å². The number of hydrogen-bond donors (Lipinski definition) is 0. The van der Waals surface area contributed by atoms with Crippen molar-refractivity contribution in [3.8, 4) is 51.0 Å². The number of benzene rings is 8. The average molecular weight is 751 g/mol. The van der Waals surface area contributed by atoms with E-state index in [4.69, 9.17) is 35.3 Å². The molecule has 0 aliphatic carbocycles. The Balaban J connectivity index is 1.24. The van der Waals surface area contributed by atoms with E-state index in [1.165, 1.54) is 0 Å². The fourth-order valence-corrected chi connectivity index (χ4v) is 6.95. The number of rotatable bonds is 5. The lowest BCUT2D eigenvalue weighted by molar-refractivity contribution is 0.668. The summed E-state index contributed by atoms with van der Waals surface area (Å²) in [6.45, 7) is 0. The molecule has 0 saturated carbocycles. The maximum atomic E-state index is 9.87. The summed E-state index contributed by atoms with van der Waals surface area (Å²) in [5.74, 6) is -1.11. The molecule has 0 unspecified atom stereocenters. The molecule has 0 atom stereocenters. The molecule has 0 fully saturated rings. The van der Waals surface area contributed by atoms with E-state index >= 15 is 0 Å². The van der Waals surface area contributed by atoms with Crippen LogP contribution < -0.4 is 0 Å². The van der Waals surface area contributed by atoms with Gasteiger partial charge in [-0.15, -0.1) is 0 Å². The number of aromatic nitrogens is 4. The van der Waals surface area contributed by atoms with Crippen molar-refractivity contribution in [1.29, 1.82) is 0 Å². The summed E-state index contributed by atoms with van der Waals surface area (Å²) in [5.41, 5.74) is -3.13. The fraction of sp³-hybridized carbons (Fsp3) is 0. The molecule has 0 aliphatic heterocycles. The minimum absolute atomic E-state index is 0.0195. The molecule has 0 amide bonds. The van der Waals surface area contributed by atoms with Crippen LogP contribution in [0.1, 0.15) is 27.4 Å². The summed E-state index contributed by atoms with van der Waals surface area (Å²) in [5, 5.41) is -1.47. The highest BCUT2D eigenvalue weighted by molar-refractivity contribution is 6.18. The summed E-state index contributed by atoms with van der Waals surface area (Å²) in [4.78, 5) is 14.3. The maximum absolute atomic E-state index is 9.87. The Labute approximate surface area is 354 Å². The molecule has 4 heterocycles. The van der Waals surface area contributed by atoms with Crippen molar-refractivity contribution in [2.24, 2.45) is 0 Å². The molecule has 8 aromatic carbocycles. The molecule has 266 valence electrons. The minimum Gasteiger partial charge on any atom is -0.456 e. The van der Waals surface area contributed by atoms with Crippen LogP contribution in [0.5, 0.6) is 0 Å². The molecule has 12 aromatic rings. The molecule has 0 radical (unpaired) electrons. The molecular formula is C51H30N4O2. The molecule has 6 nitrogen and oxygen atoms in total. The minimum atomic E-state index is -0.776. The van der Waals surface area contributed by atoms with E-state index < -0.39 is 154 Å². The van der Waals surface area contributed by atoms with Crippen LogP contribution in [0.25, 0.3) is 117 Å². The van der Waals surface area contributed by atoms with Gasteiger partial charge in [-0.25, -0.2) is 4.98 Å². The number of nitrogens with zero attached hydrogens (tertiary/aromatic N) is 4. The van der Waals surface area contributed by atoms with E-state index in [1.807, 2.05) is 0 Å². The van der Waals surface area contributed by atoms with Crippen molar-refractivity contribution in [3.05, 3.63) is 182 Å². The highest BCUT2D eigenvalue weighted by Crippen LogP contribution is 2.41. The summed E-state index contributed by atoms with van der Waals surface area (Å²) in [6, 6.07) is 3.57. The average Bonchev–Trinajstić information content (AvgIpc) is 4.12. The lowest BCUT2D eigenvalue weighted by Crippen LogP contribution is -2.06. The van der Waals surface area contributed by atoms with Crippen molar-refractivity contribution in [1.82, 2.24) is 19.5 Å². The summed E-state index contributed by atoms with van der Waals surface area (Å²) >= 11 is 0. The quantitative estimate of drug-likeness (QED) is 0.175. The largest absolute Gasteiger partial charge is 0.456 e. The normalized spacial score (nSPS) is 16.8. The third kappa shape index (κ3) is 5.01. The van der Waals surface area contributed by atoms with Crippen LogP contribution in [-0.2, 0) is 0 Å². The number of para-hydroxylation sites is 1. The first kappa shape index (κ1) is 17.8. The van der Waals surface area contributed by atoms with Crippen LogP contribution in [0.15, 0.2) is 190 Å². The van der Waals surface area contributed by atoms with Gasteiger partial charge in [0.05, 0.1) is 38.4 Å². The van der Waals surface area contributed by atoms with Crippen molar-refractivity contribution in [3.63, 3.8) is 0 Å². The number of furan rings is 2. The lowest BCUT2D eigenvalue weighted by atomic mass is 9.99. The Bertz CT molecular complexity index is 4660. The molecule has 0 bridgehead atoms. The Morgan fingerprint density at radius 1 is 0.404 bits per heavy atom. The van der Waals surface area contributed by atoms with Gasteiger partial charge < -0.3 is 8.83 Å². The van der Waals surface area contributed by atoms with Gasteiger partial charge >= 0.3 is 0 Å². The van der Waals surface area contributed by atoms with E-state index in [-0.39, 0.29) is 71.9 Å². The summed E-state index contributed by atoms with van der Waals surface area (Å²) in [7, 11) is 0. The Hall–Kier alpha value is -7.83. The standard InChI is InChI=1S/C51H30N4O2/c1-4-13-31(14-5-1)34-24-26-42-39(27-34)40-29-41-37-19-10-11-21-44(37)56-47(41)30-43(40)55(42)51-53-49(33-17-8-3-9-18-33)52-50(54-51)35-23-25-38-46(28-35)57-45-22-12-20-36(48(38)45)32-15-6-2-7-16-32/h1-30H/i2D,6D,7D,10D,11D,12D,15D,16D,19D,20D,21D,22D,23D,24D,25D,26D,27D,28D,29D,30D. The zero-order valence-electron chi connectivity index (χ0n) is 48.9. The number of fused-ring (bicyclic) bond motifs is 9. The van der Waals surface area contributed by atoms with Gasteiger partial charge in [0.25, 0.3) is 0 Å². The molecule has 0 spiro atoms. The van der Waals surface area contributed by atoms with E-state index in [1.54, 1.807) is 60.7 Å². The molecule has 6 heteroatoms. The predicted octanol–water partition coefficient (Wildman–Crippen LogP) is 13.4. The van der Waals surface area contributed by atoms with Crippen molar-refractivity contribution < 1.29 is 36.2 Å². The van der Waals surface area contributed by atoms with E-state index in [2.05, 4.69) is 4.98 Å². The smallest absolute Gasteiger partial charge is 0.238 e. The van der Waals surface area contributed by atoms with Gasteiger partial charge in [0.1, 0.15) is 22.3 Å². The fourth-order valence-electron chi connectivity index (χ4n) is 6.95. The van der Waals surface area contributed by atoms with Gasteiger partial charge in [-0.3, -0.25) is 4.57 Å². The predicted molar refractivity (Wildman–Crippen MR) is 230 cm³/mol. The SMILES string of the molecule is [2H]c1c([2H])c([2H])c(-c2c([2H])c([2H])c([2H])c3oc4c([2H])c(-c5nc(-c6ccccc6)nc(-n6c7c([2H])c([2H])c(-c8ccccc8)c([2H])c7c7c([2H])c8c(oc9c([2H])c([2H])c([2H])c([2H])c98)c([2H])c76)n5)c([2H])c([2H])c4c23)c([2H])c1[2H]. The second-order valence-electron chi connectivity index (χ2n) is 12.8. The molecule has 0 N–H and O–H groups in total. The summed E-state index contributed by atoms with van der Waals surface area (Å²) < 4.78 is 194. The van der Waals surface area contributed by atoms with E-state index in [0.717, 1.165) is 4.57 Å². The molecule has 12 rings (SSSR count). The monoisotopic (exact) mass is 750 g/mol. The van der Waals surface area contributed by atoms with Crippen molar-refractivity contribution in [2.75, 3.05) is 0 Å². The third-order valence-corrected chi connectivity index (χ3v) is 9.51. The zero-order chi connectivity index (χ0) is 54.9. The van der Waals surface area contributed by atoms with Crippen molar-refractivity contribution in [2.45, 2.75) is 0 Å². The zero-order valence-corrected chi connectivity index (χ0v) is 28.9. The Morgan fingerprint density at radius 3 is 1.93 bits per heavy atom. The van der Waals surface area contributed by atoms with Crippen LogP contribution in [0, 0.1) is 0 Å². The molecular weight excluding hydrogens is 701 g/mol. The van der Waals surface area contributed by atoms with Gasteiger partial charge in [-0.2, -0.15) is 9.97 Å². The van der Waals surface area contributed by atoms with Gasteiger partial charge in [0, 0.05) is 49.5 Å². The van der Waals surface area contributed by atoms with Crippen LogP contribution in [-0.4, -0.2) is 19.5 Å². The molecule has 4 aromatic heterocycles. The van der Waals surface area contributed by atoms with Crippen LogP contribution in [0.4, 0.5) is 0 Å². The second kappa shape index (κ2) is 12.3. The maximum Gasteiger partial charge on any atom is 0.238 e. The molecule has 0 aliphatic rings. The van der Waals surface area contributed by atoms with E-state index in [0.29, 0.717) is 11.1 Å². The van der Waals surface area contributed by atoms with Gasteiger partial charge in [-0.05, 0) is 64.6 Å². The Morgan fingerprint density at radius 2 is 1.09 bits per heavy atom. The van der Waals surface area contributed by atoms with Crippen LogP contribution >= 0.6 is 0 Å². The second-order valence-corrected chi connectivity index (χ2v) is 12.8. The molecule has 0 saturated heterocycles. The third-order valence-electron chi connectivity index (χ3n) is 9.51.